The van der Waals surface area contributed by atoms with Gasteiger partial charge < -0.3 is 11.1 Å². The molecule has 0 spiro atoms. The number of benzene rings is 1. The number of rotatable bonds is 5. The van der Waals surface area contributed by atoms with Crippen molar-refractivity contribution < 1.29 is 4.79 Å². The number of fused-ring (bicyclic) bond motifs is 2. The Balaban J connectivity index is 1.58. The molecule has 4 heteroatoms. The van der Waals surface area contributed by atoms with Crippen molar-refractivity contribution in [3.8, 4) is 0 Å². The van der Waals surface area contributed by atoms with Crippen LogP contribution in [0.5, 0.6) is 0 Å². The second kappa shape index (κ2) is 7.02. The van der Waals surface area contributed by atoms with Crippen LogP contribution in [0.4, 0.5) is 0 Å². The van der Waals surface area contributed by atoms with Crippen molar-refractivity contribution in [3.63, 3.8) is 0 Å². The van der Waals surface area contributed by atoms with Gasteiger partial charge in [0.15, 0.2) is 0 Å². The van der Waals surface area contributed by atoms with Crippen LogP contribution in [0.25, 0.3) is 0 Å². The lowest BCUT2D eigenvalue weighted by Gasteiger charge is -2.39. The van der Waals surface area contributed by atoms with Crippen molar-refractivity contribution in [2.45, 2.75) is 70.2 Å². The maximum atomic E-state index is 12.2. The number of hydrogen-bond donors (Lipinski definition) is 2. The molecule has 1 aromatic rings. The number of carbonyl (C=O) groups excluding carboxylic acids is 1. The number of carbonyl (C=O) groups is 1. The topological polar surface area (TPSA) is 58.4 Å². The molecule has 1 aromatic carbocycles. The predicted octanol–water partition coefficient (Wildman–Crippen LogP) is 2.28. The molecule has 3 rings (SSSR count). The Hall–Kier alpha value is -1.39. The lowest BCUT2D eigenvalue weighted by molar-refractivity contribution is -0.124. The smallest absolute Gasteiger partial charge is 0.237 e. The summed E-state index contributed by atoms with van der Waals surface area (Å²) in [6.07, 6.45) is 4.61. The summed E-state index contributed by atoms with van der Waals surface area (Å²) in [7, 11) is 0. The molecule has 4 nitrogen and oxygen atoms in total. The first kappa shape index (κ1) is 16.5. The largest absolute Gasteiger partial charge is 0.352 e. The van der Waals surface area contributed by atoms with Crippen molar-refractivity contribution in [2.75, 3.05) is 0 Å². The fourth-order valence-electron chi connectivity index (χ4n) is 4.04. The minimum absolute atomic E-state index is 0.0147. The van der Waals surface area contributed by atoms with Crippen molar-refractivity contribution in [3.05, 3.63) is 35.9 Å². The van der Waals surface area contributed by atoms with Crippen LogP contribution in [0.1, 0.15) is 45.1 Å². The Morgan fingerprint density at radius 3 is 2.39 bits per heavy atom. The van der Waals surface area contributed by atoms with Crippen LogP contribution in [0.3, 0.4) is 0 Å². The molecule has 2 aliphatic rings. The summed E-state index contributed by atoms with van der Waals surface area (Å²) < 4.78 is 0. The minimum Gasteiger partial charge on any atom is -0.352 e. The average Bonchev–Trinajstić information content (AvgIpc) is 2.77. The maximum Gasteiger partial charge on any atom is 0.237 e. The SMILES string of the molecule is CC(C)[C@H](N)C(=O)NC1CC2CCC(C1)N2Cc1ccccc1. The van der Waals surface area contributed by atoms with E-state index in [2.05, 4.69) is 40.5 Å². The average molecular weight is 315 g/mol. The summed E-state index contributed by atoms with van der Waals surface area (Å²) in [6, 6.07) is 11.8. The van der Waals surface area contributed by atoms with E-state index in [1.165, 1.54) is 18.4 Å². The monoisotopic (exact) mass is 315 g/mol. The van der Waals surface area contributed by atoms with Crippen LogP contribution in [0.2, 0.25) is 0 Å². The van der Waals surface area contributed by atoms with Gasteiger partial charge in [0.05, 0.1) is 6.04 Å². The molecule has 3 N–H and O–H groups in total. The number of nitrogens with two attached hydrogens (primary N) is 1. The first-order valence-electron chi connectivity index (χ1n) is 8.90. The van der Waals surface area contributed by atoms with Gasteiger partial charge in [-0.3, -0.25) is 9.69 Å². The Morgan fingerprint density at radius 2 is 1.83 bits per heavy atom. The number of amides is 1. The highest BCUT2D eigenvalue weighted by molar-refractivity contribution is 5.82. The van der Waals surface area contributed by atoms with Gasteiger partial charge in [-0.1, -0.05) is 44.2 Å². The van der Waals surface area contributed by atoms with Gasteiger partial charge in [-0.2, -0.15) is 0 Å². The lowest BCUT2D eigenvalue weighted by Crippen LogP contribution is -2.53. The van der Waals surface area contributed by atoms with E-state index in [0.717, 1.165) is 19.4 Å². The Morgan fingerprint density at radius 1 is 1.22 bits per heavy atom. The summed E-state index contributed by atoms with van der Waals surface area (Å²) >= 11 is 0. The summed E-state index contributed by atoms with van der Waals surface area (Å²) in [5, 5.41) is 3.19. The molecule has 126 valence electrons. The third kappa shape index (κ3) is 3.75. The van der Waals surface area contributed by atoms with Crippen molar-refractivity contribution in [2.24, 2.45) is 11.7 Å². The molecule has 2 bridgehead atoms. The Bertz CT molecular complexity index is 517. The first-order valence-corrected chi connectivity index (χ1v) is 8.90. The first-order chi connectivity index (χ1) is 11.0. The van der Waals surface area contributed by atoms with E-state index in [4.69, 9.17) is 5.73 Å². The van der Waals surface area contributed by atoms with E-state index in [1.807, 2.05) is 13.8 Å². The second-order valence-electron chi connectivity index (χ2n) is 7.49. The number of nitrogens with zero attached hydrogens (tertiary/aromatic N) is 1. The van der Waals surface area contributed by atoms with E-state index in [0.29, 0.717) is 12.1 Å². The van der Waals surface area contributed by atoms with Crippen molar-refractivity contribution in [1.29, 1.82) is 0 Å². The summed E-state index contributed by atoms with van der Waals surface area (Å²) in [5.41, 5.74) is 7.35. The van der Waals surface area contributed by atoms with E-state index >= 15 is 0 Å². The van der Waals surface area contributed by atoms with Crippen LogP contribution in [0, 0.1) is 5.92 Å². The van der Waals surface area contributed by atoms with Gasteiger partial charge in [0, 0.05) is 24.7 Å². The quantitative estimate of drug-likeness (QED) is 0.876. The van der Waals surface area contributed by atoms with Gasteiger partial charge in [-0.15, -0.1) is 0 Å². The molecule has 1 amide bonds. The zero-order valence-electron chi connectivity index (χ0n) is 14.2. The summed E-state index contributed by atoms with van der Waals surface area (Å²) in [5.74, 6) is 0.200. The van der Waals surface area contributed by atoms with Gasteiger partial charge >= 0.3 is 0 Å². The summed E-state index contributed by atoms with van der Waals surface area (Å²) in [4.78, 5) is 14.8. The molecule has 0 aromatic heterocycles. The molecule has 2 heterocycles. The Labute approximate surface area is 139 Å². The van der Waals surface area contributed by atoms with Gasteiger partial charge in [-0.25, -0.2) is 0 Å². The second-order valence-corrected chi connectivity index (χ2v) is 7.49. The van der Waals surface area contributed by atoms with Gasteiger partial charge in [-0.05, 0) is 37.2 Å². The van der Waals surface area contributed by atoms with E-state index < -0.39 is 6.04 Å². The molecule has 3 atom stereocenters. The standard InChI is InChI=1S/C19H29N3O/c1-13(2)18(20)19(23)21-15-10-16-8-9-17(11-15)22(16)12-14-6-4-3-5-7-14/h3-7,13,15-18H,8-12,20H2,1-2H3,(H,21,23)/t15?,16?,17?,18-/m0/s1. The zero-order chi connectivity index (χ0) is 16.4. The van der Waals surface area contributed by atoms with E-state index in [-0.39, 0.29) is 17.9 Å². The van der Waals surface area contributed by atoms with Gasteiger partial charge in [0.1, 0.15) is 0 Å². The third-order valence-corrected chi connectivity index (χ3v) is 5.46. The highest BCUT2D eigenvalue weighted by Crippen LogP contribution is 2.36. The molecule has 2 unspecified atom stereocenters. The van der Waals surface area contributed by atoms with E-state index in [9.17, 15) is 4.79 Å². The molecule has 2 fully saturated rings. The maximum absolute atomic E-state index is 12.2. The lowest BCUT2D eigenvalue weighted by atomic mass is 9.95. The van der Waals surface area contributed by atoms with Crippen molar-refractivity contribution >= 4 is 5.91 Å². The molecule has 2 aliphatic heterocycles. The molecule has 0 radical (unpaired) electrons. The Kier molecular flexibility index (Phi) is 5.02. The van der Waals surface area contributed by atoms with Crippen molar-refractivity contribution in [1.82, 2.24) is 10.2 Å². The van der Waals surface area contributed by atoms with E-state index in [1.54, 1.807) is 0 Å². The fourth-order valence-corrected chi connectivity index (χ4v) is 4.04. The summed E-state index contributed by atoms with van der Waals surface area (Å²) in [6.45, 7) is 5.02. The molecular weight excluding hydrogens is 286 g/mol. The predicted molar refractivity (Wildman–Crippen MR) is 92.8 cm³/mol. The van der Waals surface area contributed by atoms with Crippen LogP contribution in [-0.4, -0.2) is 35.0 Å². The van der Waals surface area contributed by atoms with Crippen LogP contribution in [0.15, 0.2) is 30.3 Å². The third-order valence-electron chi connectivity index (χ3n) is 5.46. The molecule has 2 saturated heterocycles. The number of hydrogen-bond acceptors (Lipinski definition) is 3. The van der Waals surface area contributed by atoms with Crippen LogP contribution < -0.4 is 11.1 Å². The van der Waals surface area contributed by atoms with Crippen LogP contribution >= 0.6 is 0 Å². The van der Waals surface area contributed by atoms with Gasteiger partial charge in [0.25, 0.3) is 0 Å². The van der Waals surface area contributed by atoms with Gasteiger partial charge in [0.2, 0.25) is 5.91 Å². The molecular formula is C19H29N3O. The highest BCUT2D eigenvalue weighted by Gasteiger charge is 2.41. The molecule has 0 saturated carbocycles. The zero-order valence-corrected chi connectivity index (χ0v) is 14.2. The van der Waals surface area contributed by atoms with Crippen LogP contribution in [-0.2, 0) is 11.3 Å². The number of nitrogens with one attached hydrogen (secondary N) is 1. The normalized spacial score (nSPS) is 28.8. The molecule has 0 aliphatic carbocycles. The molecule has 23 heavy (non-hydrogen) atoms. The number of piperidine rings is 1. The minimum atomic E-state index is -0.394. The highest BCUT2D eigenvalue weighted by atomic mass is 16.2. The fraction of sp³-hybridized carbons (Fsp3) is 0.632.